The number of benzene rings is 1. The molecule has 0 aliphatic carbocycles. The summed E-state index contributed by atoms with van der Waals surface area (Å²) in [5.74, 6) is 2.33. The molecule has 1 saturated heterocycles. The number of hydrogen-bond acceptors (Lipinski definition) is 4. The summed E-state index contributed by atoms with van der Waals surface area (Å²) < 4.78 is 11.1. The fraction of sp³-hybridized carbons (Fsp3) is 0.600. The van der Waals surface area contributed by atoms with Crippen LogP contribution in [0.3, 0.4) is 0 Å². The Bertz CT molecular complexity index is 395. The highest BCUT2D eigenvalue weighted by Crippen LogP contribution is 2.25. The molecule has 1 fully saturated rings. The highest BCUT2D eigenvalue weighted by Gasteiger charge is 2.16. The topological polar surface area (TPSA) is 24.9 Å². The van der Waals surface area contributed by atoms with E-state index in [0.29, 0.717) is 6.61 Å². The second kappa shape index (κ2) is 8.35. The maximum Gasteiger partial charge on any atom is 0.161 e. The van der Waals surface area contributed by atoms with Gasteiger partial charge in [0.25, 0.3) is 0 Å². The largest absolute Gasteiger partial charge is 0.493 e. The zero-order valence-electron chi connectivity index (χ0n) is 12.1. The van der Waals surface area contributed by atoms with Crippen molar-refractivity contribution in [2.24, 2.45) is 0 Å². The normalized spacial score (nSPS) is 17.1. The summed E-state index contributed by atoms with van der Waals surface area (Å²) in [7, 11) is 1.66. The molecule has 0 radical (unpaired) electrons. The van der Waals surface area contributed by atoms with Gasteiger partial charge in [0.2, 0.25) is 0 Å². The summed E-state index contributed by atoms with van der Waals surface area (Å²) in [4.78, 5) is 4.84. The molecule has 0 aromatic heterocycles. The van der Waals surface area contributed by atoms with Gasteiger partial charge < -0.3 is 9.47 Å². The number of alkyl halides is 1. The average Bonchev–Trinajstić information content (AvgIpc) is 2.50. The Balaban J connectivity index is 1.69. The molecule has 1 aromatic carbocycles. The van der Waals surface area contributed by atoms with Crippen LogP contribution in [0.2, 0.25) is 0 Å². The zero-order valence-corrected chi connectivity index (χ0v) is 12.8. The molecule has 0 saturated carbocycles. The van der Waals surface area contributed by atoms with Crippen molar-refractivity contribution >= 4 is 11.6 Å². The smallest absolute Gasteiger partial charge is 0.161 e. The second-order valence-electron chi connectivity index (χ2n) is 4.87. The summed E-state index contributed by atoms with van der Waals surface area (Å²) in [6, 6.07) is 7.77. The monoisotopic (exact) mass is 298 g/mol. The van der Waals surface area contributed by atoms with Crippen LogP contribution in [0.25, 0.3) is 0 Å². The van der Waals surface area contributed by atoms with Crippen molar-refractivity contribution in [3.05, 3.63) is 24.3 Å². The van der Waals surface area contributed by atoms with Crippen molar-refractivity contribution in [2.45, 2.75) is 0 Å². The SMILES string of the molecule is COc1ccccc1OCCN1CCN(CCCl)CC1. The predicted octanol–water partition coefficient (Wildman–Crippen LogP) is 1.93. The van der Waals surface area contributed by atoms with Crippen molar-refractivity contribution in [1.82, 2.24) is 9.80 Å². The van der Waals surface area contributed by atoms with Crippen molar-refractivity contribution in [3.8, 4) is 11.5 Å². The number of methoxy groups -OCH3 is 1. The van der Waals surface area contributed by atoms with Crippen molar-refractivity contribution in [3.63, 3.8) is 0 Å². The van der Waals surface area contributed by atoms with Gasteiger partial charge in [0.05, 0.1) is 7.11 Å². The molecule has 0 amide bonds. The van der Waals surface area contributed by atoms with Gasteiger partial charge in [-0.2, -0.15) is 0 Å². The first-order valence-corrected chi connectivity index (χ1v) is 7.63. The minimum absolute atomic E-state index is 0.690. The van der Waals surface area contributed by atoms with E-state index in [1.807, 2.05) is 24.3 Å². The number of para-hydroxylation sites is 2. The first-order chi connectivity index (χ1) is 9.83. The molecule has 2 rings (SSSR count). The zero-order chi connectivity index (χ0) is 14.2. The van der Waals surface area contributed by atoms with Gasteiger partial charge in [-0.15, -0.1) is 11.6 Å². The van der Waals surface area contributed by atoms with Gasteiger partial charge in [-0.05, 0) is 12.1 Å². The summed E-state index contributed by atoms with van der Waals surface area (Å²) in [6.07, 6.45) is 0. The van der Waals surface area contributed by atoms with Gasteiger partial charge in [-0.1, -0.05) is 12.1 Å². The number of nitrogens with zero attached hydrogens (tertiary/aromatic N) is 2. The standard InChI is InChI=1S/C15H23ClN2O2/c1-19-14-4-2-3-5-15(14)20-13-12-18-10-8-17(7-6-16)9-11-18/h2-5H,6-13H2,1H3. The third-order valence-electron chi connectivity index (χ3n) is 3.60. The lowest BCUT2D eigenvalue weighted by atomic mass is 10.3. The van der Waals surface area contributed by atoms with E-state index in [1.54, 1.807) is 7.11 Å². The fourth-order valence-corrected chi connectivity index (χ4v) is 2.62. The van der Waals surface area contributed by atoms with E-state index in [4.69, 9.17) is 21.1 Å². The molecule has 0 bridgehead atoms. The van der Waals surface area contributed by atoms with E-state index >= 15 is 0 Å². The molecule has 1 heterocycles. The highest BCUT2D eigenvalue weighted by molar-refractivity contribution is 6.18. The van der Waals surface area contributed by atoms with Crippen LogP contribution in [0, 0.1) is 0 Å². The van der Waals surface area contributed by atoms with E-state index in [-0.39, 0.29) is 0 Å². The number of hydrogen-bond donors (Lipinski definition) is 0. The molecule has 0 atom stereocenters. The minimum atomic E-state index is 0.690. The van der Waals surface area contributed by atoms with Crippen molar-refractivity contribution < 1.29 is 9.47 Å². The maximum atomic E-state index is 5.80. The molecule has 1 aromatic rings. The lowest BCUT2D eigenvalue weighted by molar-refractivity contribution is 0.120. The molecule has 0 spiro atoms. The van der Waals surface area contributed by atoms with Gasteiger partial charge in [0.1, 0.15) is 6.61 Å². The maximum absolute atomic E-state index is 5.80. The first kappa shape index (κ1) is 15.4. The van der Waals surface area contributed by atoms with E-state index in [0.717, 1.165) is 56.6 Å². The molecule has 5 heteroatoms. The van der Waals surface area contributed by atoms with Gasteiger partial charge in [0, 0.05) is 45.1 Å². The van der Waals surface area contributed by atoms with Crippen LogP contribution in [-0.4, -0.2) is 68.7 Å². The average molecular weight is 299 g/mol. The molecule has 20 heavy (non-hydrogen) atoms. The summed E-state index contributed by atoms with van der Waals surface area (Å²) in [5, 5.41) is 0. The van der Waals surface area contributed by atoms with E-state index in [1.165, 1.54) is 0 Å². The molecule has 1 aliphatic rings. The van der Waals surface area contributed by atoms with E-state index in [9.17, 15) is 0 Å². The van der Waals surface area contributed by atoms with Crippen LogP contribution < -0.4 is 9.47 Å². The number of ether oxygens (including phenoxy) is 2. The summed E-state index contributed by atoms with van der Waals surface area (Å²) >= 11 is 5.76. The molecule has 0 unspecified atom stereocenters. The van der Waals surface area contributed by atoms with E-state index in [2.05, 4.69) is 9.80 Å². The Kier molecular flexibility index (Phi) is 6.43. The third kappa shape index (κ3) is 4.54. The summed E-state index contributed by atoms with van der Waals surface area (Å²) in [5.41, 5.74) is 0. The Morgan fingerprint density at radius 1 is 1.00 bits per heavy atom. The van der Waals surface area contributed by atoms with Crippen molar-refractivity contribution in [2.75, 3.05) is 58.9 Å². The molecule has 0 N–H and O–H groups in total. The molecule has 4 nitrogen and oxygen atoms in total. The van der Waals surface area contributed by atoms with Crippen LogP contribution >= 0.6 is 11.6 Å². The molecule has 1 aliphatic heterocycles. The Labute approximate surface area is 126 Å². The number of rotatable bonds is 7. The Morgan fingerprint density at radius 2 is 1.60 bits per heavy atom. The van der Waals surface area contributed by atoms with Crippen LogP contribution in [0.4, 0.5) is 0 Å². The predicted molar refractivity (Wildman–Crippen MR) is 82.1 cm³/mol. The van der Waals surface area contributed by atoms with Crippen molar-refractivity contribution in [1.29, 1.82) is 0 Å². The molecule has 112 valence electrons. The van der Waals surface area contributed by atoms with Crippen LogP contribution in [0.1, 0.15) is 0 Å². The van der Waals surface area contributed by atoms with Gasteiger partial charge >= 0.3 is 0 Å². The lowest BCUT2D eigenvalue weighted by Gasteiger charge is -2.34. The third-order valence-corrected chi connectivity index (χ3v) is 3.77. The quantitative estimate of drug-likeness (QED) is 0.718. The van der Waals surface area contributed by atoms with Crippen LogP contribution in [-0.2, 0) is 0 Å². The van der Waals surface area contributed by atoms with Crippen LogP contribution in [0.15, 0.2) is 24.3 Å². The van der Waals surface area contributed by atoms with E-state index < -0.39 is 0 Å². The highest BCUT2D eigenvalue weighted by atomic mass is 35.5. The Hall–Kier alpha value is -0.970. The number of piperazine rings is 1. The lowest BCUT2D eigenvalue weighted by Crippen LogP contribution is -2.47. The van der Waals surface area contributed by atoms with Gasteiger partial charge in [-0.3, -0.25) is 9.80 Å². The van der Waals surface area contributed by atoms with Gasteiger partial charge in [0.15, 0.2) is 11.5 Å². The molecular formula is C15H23ClN2O2. The second-order valence-corrected chi connectivity index (χ2v) is 5.25. The van der Waals surface area contributed by atoms with Gasteiger partial charge in [-0.25, -0.2) is 0 Å². The first-order valence-electron chi connectivity index (χ1n) is 7.10. The fourth-order valence-electron chi connectivity index (χ4n) is 2.38. The van der Waals surface area contributed by atoms with Crippen LogP contribution in [0.5, 0.6) is 11.5 Å². The molecular weight excluding hydrogens is 276 g/mol. The Morgan fingerprint density at radius 3 is 2.20 bits per heavy atom. The summed E-state index contributed by atoms with van der Waals surface area (Å²) in [6.45, 7) is 7.01. The minimum Gasteiger partial charge on any atom is -0.493 e. The number of halogens is 1.